The van der Waals surface area contributed by atoms with E-state index in [0.29, 0.717) is 30.0 Å². The van der Waals surface area contributed by atoms with Gasteiger partial charge in [-0.05, 0) is 54.4 Å². The Hall–Kier alpha value is -3.39. The van der Waals surface area contributed by atoms with E-state index in [1.165, 1.54) is 7.11 Å². The number of rotatable bonds is 9. The van der Waals surface area contributed by atoms with Crippen molar-refractivity contribution in [3.63, 3.8) is 0 Å². The molecule has 1 N–H and O–H groups in total. The van der Waals surface area contributed by atoms with Gasteiger partial charge in [-0.2, -0.15) is 4.98 Å². The second kappa shape index (κ2) is 9.89. The summed E-state index contributed by atoms with van der Waals surface area (Å²) in [5.74, 6) is 1.55. The first kappa shape index (κ1) is 21.3. The Labute approximate surface area is 175 Å². The van der Waals surface area contributed by atoms with E-state index in [1.54, 1.807) is 23.9 Å². The maximum absolute atomic E-state index is 11.7. The van der Waals surface area contributed by atoms with Crippen LogP contribution in [0.25, 0.3) is 17.1 Å². The van der Waals surface area contributed by atoms with E-state index < -0.39 is 0 Å². The van der Waals surface area contributed by atoms with Crippen LogP contribution in [-0.4, -0.2) is 48.1 Å². The third-order valence-electron chi connectivity index (χ3n) is 4.15. The number of carbonyl (C=O) groups excluding carboxylic acids is 1. The van der Waals surface area contributed by atoms with Gasteiger partial charge in [-0.15, -0.1) is 5.10 Å². The predicted molar refractivity (Wildman–Crippen MR) is 114 cm³/mol. The van der Waals surface area contributed by atoms with Gasteiger partial charge in [0.1, 0.15) is 12.4 Å². The van der Waals surface area contributed by atoms with Crippen LogP contribution in [0.3, 0.4) is 0 Å². The zero-order chi connectivity index (χ0) is 21.5. The van der Waals surface area contributed by atoms with Crippen molar-refractivity contribution < 1.29 is 19.0 Å². The summed E-state index contributed by atoms with van der Waals surface area (Å²) in [6.45, 7) is 4.66. The van der Waals surface area contributed by atoms with E-state index in [9.17, 15) is 4.79 Å². The van der Waals surface area contributed by atoms with E-state index in [4.69, 9.17) is 14.2 Å². The van der Waals surface area contributed by atoms with Crippen molar-refractivity contribution in [3.8, 4) is 28.8 Å². The first-order chi connectivity index (χ1) is 14.5. The van der Waals surface area contributed by atoms with Crippen LogP contribution in [0.4, 0.5) is 5.69 Å². The van der Waals surface area contributed by atoms with Gasteiger partial charge in [0.2, 0.25) is 5.91 Å². The van der Waals surface area contributed by atoms with E-state index in [-0.39, 0.29) is 12.5 Å². The molecule has 0 saturated heterocycles. The number of amides is 1. The number of hydrogen-bond donors (Lipinski definition) is 1. The molecule has 3 rings (SSSR count). The third-order valence-corrected chi connectivity index (χ3v) is 4.15. The molecule has 0 radical (unpaired) electrons. The fourth-order valence-corrected chi connectivity index (χ4v) is 2.72. The molecule has 158 valence electrons. The molecule has 0 aliphatic carbocycles. The van der Waals surface area contributed by atoms with E-state index in [2.05, 4.69) is 29.2 Å². The second-order valence-corrected chi connectivity index (χ2v) is 7.09. The Bertz CT molecular complexity index is 966. The van der Waals surface area contributed by atoms with Gasteiger partial charge < -0.3 is 19.5 Å². The summed E-state index contributed by atoms with van der Waals surface area (Å²) in [6.07, 6.45) is 0. The van der Waals surface area contributed by atoms with Gasteiger partial charge in [0.05, 0.1) is 19.4 Å². The Morgan fingerprint density at radius 3 is 2.37 bits per heavy atom. The molecule has 8 heteroatoms. The van der Waals surface area contributed by atoms with Crippen molar-refractivity contribution in [3.05, 3.63) is 48.5 Å². The monoisotopic (exact) mass is 410 g/mol. The topological polar surface area (TPSA) is 87.5 Å². The van der Waals surface area contributed by atoms with Crippen LogP contribution in [0, 0.1) is 5.92 Å². The van der Waals surface area contributed by atoms with E-state index in [0.717, 1.165) is 17.0 Å². The summed E-state index contributed by atoms with van der Waals surface area (Å²) in [5, 5.41) is 7.31. The lowest BCUT2D eigenvalue weighted by atomic mass is 10.2. The van der Waals surface area contributed by atoms with Crippen molar-refractivity contribution in [2.75, 3.05) is 32.8 Å². The zero-order valence-electron chi connectivity index (χ0n) is 17.6. The van der Waals surface area contributed by atoms with Crippen LogP contribution in [0.15, 0.2) is 48.5 Å². The predicted octanol–water partition coefficient (Wildman–Crippen LogP) is 3.56. The highest BCUT2D eigenvalue weighted by molar-refractivity contribution is 5.91. The number of aromatic nitrogens is 3. The molecule has 2 aromatic carbocycles. The van der Waals surface area contributed by atoms with Gasteiger partial charge in [0, 0.05) is 18.4 Å². The number of benzene rings is 2. The Kier molecular flexibility index (Phi) is 7.03. The molecule has 1 heterocycles. The summed E-state index contributed by atoms with van der Waals surface area (Å²) in [6, 6.07) is 15.2. The highest BCUT2D eigenvalue weighted by Gasteiger charge is 2.15. The molecule has 30 heavy (non-hydrogen) atoms. The molecule has 0 bridgehead atoms. The van der Waals surface area contributed by atoms with Gasteiger partial charge in [0.25, 0.3) is 0 Å². The average Bonchev–Trinajstić information content (AvgIpc) is 3.17. The van der Waals surface area contributed by atoms with Crippen molar-refractivity contribution in [1.29, 1.82) is 0 Å². The third kappa shape index (κ3) is 5.36. The van der Waals surface area contributed by atoms with Crippen molar-refractivity contribution in [2.24, 2.45) is 5.92 Å². The summed E-state index contributed by atoms with van der Waals surface area (Å²) < 4.78 is 17.5. The lowest BCUT2D eigenvalue weighted by Crippen LogP contribution is -2.17. The molecule has 0 atom stereocenters. The van der Waals surface area contributed by atoms with Gasteiger partial charge >= 0.3 is 6.01 Å². The molecular formula is C22H26N4O4. The lowest BCUT2D eigenvalue weighted by molar-refractivity contribution is -0.119. The smallest absolute Gasteiger partial charge is 0.336 e. The van der Waals surface area contributed by atoms with Crippen LogP contribution in [0.1, 0.15) is 13.8 Å². The summed E-state index contributed by atoms with van der Waals surface area (Å²) in [7, 11) is 3.11. The minimum absolute atomic E-state index is 0.00297. The van der Waals surface area contributed by atoms with Crippen LogP contribution >= 0.6 is 0 Å². The van der Waals surface area contributed by atoms with Crippen LogP contribution in [-0.2, 0) is 9.53 Å². The first-order valence-electron chi connectivity index (χ1n) is 9.63. The van der Waals surface area contributed by atoms with Crippen molar-refractivity contribution >= 4 is 11.6 Å². The molecular weight excluding hydrogens is 384 g/mol. The zero-order valence-corrected chi connectivity index (χ0v) is 17.6. The minimum atomic E-state index is -0.214. The highest BCUT2D eigenvalue weighted by Crippen LogP contribution is 2.26. The van der Waals surface area contributed by atoms with Gasteiger partial charge in [-0.25, -0.2) is 4.68 Å². The number of ether oxygens (including phenoxy) is 3. The van der Waals surface area contributed by atoms with E-state index >= 15 is 0 Å². The molecule has 8 nitrogen and oxygen atoms in total. The Morgan fingerprint density at radius 1 is 1.07 bits per heavy atom. The minimum Gasteiger partial charge on any atom is -0.497 e. The Morgan fingerprint density at radius 2 is 1.77 bits per heavy atom. The SMILES string of the molecule is COCC(=O)Nc1ccc(-n2nc(OCC(C)C)nc2-c2ccc(OC)cc2)cc1. The first-order valence-corrected chi connectivity index (χ1v) is 9.63. The summed E-state index contributed by atoms with van der Waals surface area (Å²) >= 11 is 0. The van der Waals surface area contributed by atoms with Gasteiger partial charge in [0.15, 0.2) is 5.82 Å². The number of anilines is 1. The van der Waals surface area contributed by atoms with Crippen LogP contribution in [0.2, 0.25) is 0 Å². The largest absolute Gasteiger partial charge is 0.497 e. The molecule has 0 unspecified atom stereocenters. The normalized spacial score (nSPS) is 10.8. The second-order valence-electron chi connectivity index (χ2n) is 7.09. The fraction of sp³-hybridized carbons (Fsp3) is 0.318. The molecule has 1 amide bonds. The van der Waals surface area contributed by atoms with Crippen LogP contribution < -0.4 is 14.8 Å². The van der Waals surface area contributed by atoms with Crippen molar-refractivity contribution in [2.45, 2.75) is 13.8 Å². The molecule has 1 aromatic heterocycles. The van der Waals surface area contributed by atoms with E-state index in [1.807, 2.05) is 36.4 Å². The summed E-state index contributed by atoms with van der Waals surface area (Å²) in [4.78, 5) is 16.3. The standard InChI is InChI=1S/C22H26N4O4/c1-15(2)13-30-22-24-21(16-5-11-19(29-4)12-6-16)26(25-22)18-9-7-17(8-10-18)23-20(27)14-28-3/h5-12,15H,13-14H2,1-4H3,(H,23,27). The van der Waals surface area contributed by atoms with Gasteiger partial charge in [-0.1, -0.05) is 13.8 Å². The molecule has 0 saturated carbocycles. The molecule has 0 aliphatic rings. The Balaban J connectivity index is 1.92. The van der Waals surface area contributed by atoms with Gasteiger partial charge in [-0.3, -0.25) is 4.79 Å². The fourth-order valence-electron chi connectivity index (χ4n) is 2.72. The highest BCUT2D eigenvalue weighted by atomic mass is 16.5. The number of nitrogens with one attached hydrogen (secondary N) is 1. The maximum Gasteiger partial charge on any atom is 0.336 e. The number of nitrogens with zero attached hydrogens (tertiary/aromatic N) is 3. The maximum atomic E-state index is 11.7. The molecule has 0 fully saturated rings. The van der Waals surface area contributed by atoms with Crippen molar-refractivity contribution in [1.82, 2.24) is 14.8 Å². The molecule has 0 spiro atoms. The molecule has 3 aromatic rings. The molecule has 0 aliphatic heterocycles. The number of carbonyl (C=O) groups is 1. The number of hydrogen-bond acceptors (Lipinski definition) is 6. The average molecular weight is 410 g/mol. The number of methoxy groups -OCH3 is 2. The van der Waals surface area contributed by atoms with Crippen LogP contribution in [0.5, 0.6) is 11.8 Å². The summed E-state index contributed by atoms with van der Waals surface area (Å²) in [5.41, 5.74) is 2.33. The lowest BCUT2D eigenvalue weighted by Gasteiger charge is -2.08. The quantitative estimate of drug-likeness (QED) is 0.580.